The molecule has 5 nitrogen and oxygen atoms in total. The molecule has 0 bridgehead atoms. The number of carbonyl (C=O) groups is 2. The Morgan fingerprint density at radius 1 is 1.09 bits per heavy atom. The highest BCUT2D eigenvalue weighted by Gasteiger charge is 2.18. The third kappa shape index (κ3) is 4.59. The highest BCUT2D eigenvalue weighted by Crippen LogP contribution is 2.09. The van der Waals surface area contributed by atoms with Crippen LogP contribution in [0.25, 0.3) is 0 Å². The van der Waals surface area contributed by atoms with Gasteiger partial charge in [0.2, 0.25) is 5.91 Å². The molecule has 0 heterocycles. The van der Waals surface area contributed by atoms with Crippen molar-refractivity contribution in [1.29, 1.82) is 0 Å². The van der Waals surface area contributed by atoms with Crippen LogP contribution in [-0.2, 0) is 11.2 Å². The lowest BCUT2D eigenvalue weighted by atomic mass is 10.1. The number of benzene rings is 2. The minimum atomic E-state index is -0.851. The molecule has 2 aromatic rings. The van der Waals surface area contributed by atoms with Crippen LogP contribution in [0.5, 0.6) is 0 Å². The van der Waals surface area contributed by atoms with E-state index in [9.17, 15) is 14.0 Å². The van der Waals surface area contributed by atoms with E-state index >= 15 is 0 Å². The number of halogens is 1. The zero-order valence-corrected chi connectivity index (χ0v) is 11.8. The maximum Gasteiger partial charge on any atom is 0.319 e. The number of nitrogens with two attached hydrogens (primary N) is 1. The number of anilines is 1. The van der Waals surface area contributed by atoms with E-state index in [2.05, 4.69) is 10.6 Å². The molecule has 2 aromatic carbocycles. The van der Waals surface area contributed by atoms with E-state index in [0.29, 0.717) is 5.69 Å². The standard InChI is InChI=1S/C16H16FN3O2/c17-12-7-4-8-13(10-12)19-16(22)20-14(15(18)21)9-11-5-2-1-3-6-11/h1-8,10,14H,9H2,(H2,18,21)(H2,19,20,22). The van der Waals surface area contributed by atoms with Crippen LogP contribution >= 0.6 is 0 Å². The van der Waals surface area contributed by atoms with E-state index < -0.39 is 23.8 Å². The van der Waals surface area contributed by atoms with Gasteiger partial charge in [0.1, 0.15) is 11.9 Å². The fourth-order valence-electron chi connectivity index (χ4n) is 1.96. The summed E-state index contributed by atoms with van der Waals surface area (Å²) in [5.41, 5.74) is 6.47. The third-order valence-electron chi connectivity index (χ3n) is 3.01. The summed E-state index contributed by atoms with van der Waals surface area (Å²) in [6.07, 6.45) is 0.284. The average molecular weight is 301 g/mol. The quantitative estimate of drug-likeness (QED) is 0.789. The molecule has 3 amide bonds. The second-order valence-electron chi connectivity index (χ2n) is 4.75. The molecule has 0 radical (unpaired) electrons. The Labute approximate surface area is 127 Å². The Morgan fingerprint density at radius 2 is 1.82 bits per heavy atom. The summed E-state index contributed by atoms with van der Waals surface area (Å²) in [6, 6.07) is 13.2. The van der Waals surface area contributed by atoms with Gasteiger partial charge in [-0.3, -0.25) is 4.79 Å². The van der Waals surface area contributed by atoms with Crippen LogP contribution in [0.15, 0.2) is 54.6 Å². The minimum absolute atomic E-state index is 0.284. The van der Waals surface area contributed by atoms with Gasteiger partial charge in [-0.1, -0.05) is 36.4 Å². The molecule has 114 valence electrons. The van der Waals surface area contributed by atoms with E-state index in [4.69, 9.17) is 5.73 Å². The molecule has 2 rings (SSSR count). The molecule has 6 heteroatoms. The highest BCUT2D eigenvalue weighted by molar-refractivity contribution is 5.93. The van der Waals surface area contributed by atoms with Crippen molar-refractivity contribution in [1.82, 2.24) is 5.32 Å². The molecule has 0 saturated heterocycles. The molecule has 0 aliphatic heterocycles. The van der Waals surface area contributed by atoms with E-state index in [0.717, 1.165) is 5.56 Å². The zero-order chi connectivity index (χ0) is 15.9. The van der Waals surface area contributed by atoms with E-state index in [1.807, 2.05) is 30.3 Å². The van der Waals surface area contributed by atoms with Gasteiger partial charge in [0.15, 0.2) is 0 Å². The average Bonchev–Trinajstić information content (AvgIpc) is 2.47. The first-order valence-corrected chi connectivity index (χ1v) is 6.71. The van der Waals surface area contributed by atoms with Crippen molar-refractivity contribution in [3.8, 4) is 0 Å². The Kier molecular flexibility index (Phi) is 5.08. The van der Waals surface area contributed by atoms with Crippen molar-refractivity contribution in [2.45, 2.75) is 12.5 Å². The predicted octanol–water partition coefficient (Wildman–Crippen LogP) is 2.04. The van der Waals surface area contributed by atoms with Gasteiger partial charge >= 0.3 is 6.03 Å². The Hall–Kier alpha value is -2.89. The fraction of sp³-hybridized carbons (Fsp3) is 0.125. The maximum absolute atomic E-state index is 13.1. The van der Waals surface area contributed by atoms with Crippen LogP contribution in [-0.4, -0.2) is 18.0 Å². The normalized spacial score (nSPS) is 11.5. The number of amides is 3. The molecular weight excluding hydrogens is 285 g/mol. The number of nitrogens with one attached hydrogen (secondary N) is 2. The van der Waals surface area contributed by atoms with Crippen molar-refractivity contribution < 1.29 is 14.0 Å². The number of rotatable bonds is 5. The van der Waals surface area contributed by atoms with E-state index in [1.165, 1.54) is 18.2 Å². The van der Waals surface area contributed by atoms with Gasteiger partial charge in [0, 0.05) is 12.1 Å². The van der Waals surface area contributed by atoms with Crippen LogP contribution in [0.4, 0.5) is 14.9 Å². The molecule has 0 aliphatic rings. The SMILES string of the molecule is NC(=O)C(Cc1ccccc1)NC(=O)Nc1cccc(F)c1. The second-order valence-corrected chi connectivity index (χ2v) is 4.75. The van der Waals surface area contributed by atoms with Gasteiger partial charge in [-0.25, -0.2) is 9.18 Å². The van der Waals surface area contributed by atoms with Crippen LogP contribution in [0.3, 0.4) is 0 Å². The van der Waals surface area contributed by atoms with Crippen molar-refractivity contribution in [3.63, 3.8) is 0 Å². The fourth-order valence-corrected chi connectivity index (χ4v) is 1.96. The molecule has 0 aliphatic carbocycles. The maximum atomic E-state index is 13.1. The number of primary amides is 1. The number of urea groups is 1. The molecule has 0 aromatic heterocycles. The van der Waals surface area contributed by atoms with Gasteiger partial charge in [-0.2, -0.15) is 0 Å². The van der Waals surface area contributed by atoms with Crippen LogP contribution in [0.2, 0.25) is 0 Å². The molecule has 0 fully saturated rings. The Bertz CT molecular complexity index is 661. The first-order valence-electron chi connectivity index (χ1n) is 6.71. The van der Waals surface area contributed by atoms with Crippen molar-refractivity contribution >= 4 is 17.6 Å². The van der Waals surface area contributed by atoms with Crippen LogP contribution in [0.1, 0.15) is 5.56 Å². The van der Waals surface area contributed by atoms with E-state index in [-0.39, 0.29) is 6.42 Å². The van der Waals surface area contributed by atoms with Gasteiger partial charge < -0.3 is 16.4 Å². The van der Waals surface area contributed by atoms with Crippen molar-refractivity contribution in [3.05, 3.63) is 66.0 Å². The van der Waals surface area contributed by atoms with Crippen LogP contribution < -0.4 is 16.4 Å². The Morgan fingerprint density at radius 3 is 2.45 bits per heavy atom. The lowest BCUT2D eigenvalue weighted by molar-refractivity contribution is -0.119. The molecule has 22 heavy (non-hydrogen) atoms. The smallest absolute Gasteiger partial charge is 0.319 e. The van der Waals surface area contributed by atoms with Crippen molar-refractivity contribution in [2.75, 3.05) is 5.32 Å². The molecule has 1 unspecified atom stereocenters. The summed E-state index contributed by atoms with van der Waals surface area (Å²) in [4.78, 5) is 23.3. The Balaban J connectivity index is 1.98. The molecular formula is C16H16FN3O2. The molecule has 1 atom stereocenters. The third-order valence-corrected chi connectivity index (χ3v) is 3.01. The number of carbonyl (C=O) groups excluding carboxylic acids is 2. The number of hydrogen-bond acceptors (Lipinski definition) is 2. The summed E-state index contributed by atoms with van der Waals surface area (Å²) in [6.45, 7) is 0. The first kappa shape index (κ1) is 15.5. The summed E-state index contributed by atoms with van der Waals surface area (Å²) in [5.74, 6) is -1.10. The first-order chi connectivity index (χ1) is 10.5. The lowest BCUT2D eigenvalue weighted by Gasteiger charge is -2.16. The highest BCUT2D eigenvalue weighted by atomic mass is 19.1. The summed E-state index contributed by atoms with van der Waals surface area (Å²) >= 11 is 0. The number of hydrogen-bond donors (Lipinski definition) is 3. The molecule has 0 saturated carbocycles. The van der Waals surface area contributed by atoms with Crippen molar-refractivity contribution in [2.24, 2.45) is 5.73 Å². The van der Waals surface area contributed by atoms with E-state index in [1.54, 1.807) is 6.07 Å². The summed E-state index contributed by atoms with van der Waals surface area (Å²) in [7, 11) is 0. The zero-order valence-electron chi connectivity index (χ0n) is 11.8. The van der Waals surface area contributed by atoms with Crippen LogP contribution in [0, 0.1) is 5.82 Å². The molecule has 0 spiro atoms. The van der Waals surface area contributed by atoms with Gasteiger partial charge in [0.05, 0.1) is 0 Å². The monoisotopic (exact) mass is 301 g/mol. The minimum Gasteiger partial charge on any atom is -0.368 e. The van der Waals surface area contributed by atoms with Gasteiger partial charge in [-0.05, 0) is 23.8 Å². The largest absolute Gasteiger partial charge is 0.368 e. The predicted molar refractivity (Wildman–Crippen MR) is 81.7 cm³/mol. The summed E-state index contributed by atoms with van der Waals surface area (Å²) < 4.78 is 13.1. The van der Waals surface area contributed by atoms with Gasteiger partial charge in [0.25, 0.3) is 0 Å². The molecule has 4 N–H and O–H groups in total. The van der Waals surface area contributed by atoms with Gasteiger partial charge in [-0.15, -0.1) is 0 Å². The second kappa shape index (κ2) is 7.21. The lowest BCUT2D eigenvalue weighted by Crippen LogP contribution is -2.47. The topological polar surface area (TPSA) is 84.2 Å². The summed E-state index contributed by atoms with van der Waals surface area (Å²) in [5, 5.41) is 4.94.